The Morgan fingerprint density at radius 2 is 1.55 bits per heavy atom. The number of amides is 1. The van der Waals surface area contributed by atoms with Gasteiger partial charge in [0.25, 0.3) is 0 Å². The quantitative estimate of drug-likeness (QED) is 0.170. The molecule has 1 unspecified atom stereocenters. The van der Waals surface area contributed by atoms with Gasteiger partial charge in [0.1, 0.15) is 10.3 Å². The zero-order chi connectivity index (χ0) is 28.7. The van der Waals surface area contributed by atoms with Crippen LogP contribution in [0.25, 0.3) is 10.8 Å². The summed E-state index contributed by atoms with van der Waals surface area (Å²) in [5.74, 6) is -0.988. The molecule has 3 aromatic carbocycles. The van der Waals surface area contributed by atoms with E-state index in [1.54, 1.807) is 39.0 Å². The van der Waals surface area contributed by atoms with Crippen LogP contribution in [0.3, 0.4) is 0 Å². The second-order valence-corrected chi connectivity index (χ2v) is 11.2. The van der Waals surface area contributed by atoms with Crippen LogP contribution in [0, 0.1) is 0 Å². The summed E-state index contributed by atoms with van der Waals surface area (Å²) < 4.78 is 84.2. The lowest BCUT2D eigenvalue weighted by molar-refractivity contribution is -0.161. The van der Waals surface area contributed by atoms with Crippen molar-refractivity contribution in [3.63, 3.8) is 0 Å². The topological polar surface area (TPSA) is 55.4 Å². The molecule has 0 fully saturated rings. The van der Waals surface area contributed by atoms with Crippen LogP contribution in [0.15, 0.2) is 59.1 Å². The van der Waals surface area contributed by atoms with Gasteiger partial charge in [-0.25, -0.2) is 4.79 Å². The maximum absolute atomic E-state index is 14.2. The number of thiol groups is 1. The molecule has 0 aliphatic rings. The number of carbonyl (C=O) groups is 2. The van der Waals surface area contributed by atoms with E-state index in [0.29, 0.717) is 28.6 Å². The average molecular weight is 622 g/mol. The Balaban J connectivity index is 1.97. The Hall–Kier alpha value is -2.73. The maximum Gasteiger partial charge on any atom is 0.416 e. The highest BCUT2D eigenvalue weighted by atomic mass is 79.9. The molecule has 204 valence electrons. The van der Waals surface area contributed by atoms with E-state index in [9.17, 15) is 35.9 Å². The number of ether oxygens (including phenoxy) is 1. The first-order valence-corrected chi connectivity index (χ1v) is 12.3. The fraction of sp³-hybridized carbons (Fsp3) is 0.308. The summed E-state index contributed by atoms with van der Waals surface area (Å²) in [6.45, 7) is 5.07. The molecule has 3 rings (SSSR count). The van der Waals surface area contributed by atoms with Crippen LogP contribution < -0.4 is 5.32 Å². The lowest BCUT2D eigenvalue weighted by Crippen LogP contribution is -2.39. The standard InChI is InChI=1S/C26H22BrF6NO3S/c1-23(2,3)37-22(36)34-20-6-4-5-14-9-15(7-8-19(14)20)21(35)13-24(38,26(31,32)33)16-10-17(25(28,29)30)12-18(27)11-16/h4-12,38H,13H2,1-3H3,(H,34,36). The highest BCUT2D eigenvalue weighted by molar-refractivity contribution is 9.10. The van der Waals surface area contributed by atoms with Gasteiger partial charge in [0.2, 0.25) is 0 Å². The molecule has 1 amide bonds. The molecule has 0 saturated carbocycles. The molecule has 0 bridgehead atoms. The van der Waals surface area contributed by atoms with Crippen molar-refractivity contribution in [1.29, 1.82) is 0 Å². The van der Waals surface area contributed by atoms with Gasteiger partial charge in [-0.2, -0.15) is 39.0 Å². The number of Topliss-reactive ketones (excluding diaryl/α,β-unsaturated/α-hetero) is 1. The summed E-state index contributed by atoms with van der Waals surface area (Å²) in [6.07, 6.45) is -12.1. The number of nitrogens with one attached hydrogen (secondary N) is 1. The van der Waals surface area contributed by atoms with Crippen molar-refractivity contribution in [2.45, 2.75) is 49.9 Å². The number of benzene rings is 3. The zero-order valence-electron chi connectivity index (χ0n) is 20.2. The number of ketones is 1. The number of anilines is 1. The van der Waals surface area contributed by atoms with E-state index < -0.39 is 52.1 Å². The summed E-state index contributed by atoms with van der Waals surface area (Å²) in [7, 11) is 0. The predicted octanol–water partition coefficient (Wildman–Crippen LogP) is 8.93. The Morgan fingerprint density at radius 3 is 2.13 bits per heavy atom. The normalized spacial score (nSPS) is 14.2. The van der Waals surface area contributed by atoms with Crippen molar-refractivity contribution in [3.05, 3.63) is 75.8 Å². The first-order valence-electron chi connectivity index (χ1n) is 11.0. The Bertz CT molecular complexity index is 1380. The highest BCUT2D eigenvalue weighted by Crippen LogP contribution is 2.49. The monoisotopic (exact) mass is 621 g/mol. The van der Waals surface area contributed by atoms with Crippen molar-refractivity contribution in [3.8, 4) is 0 Å². The van der Waals surface area contributed by atoms with Crippen LogP contribution in [-0.4, -0.2) is 23.7 Å². The number of hydrogen-bond acceptors (Lipinski definition) is 4. The smallest absolute Gasteiger partial charge is 0.416 e. The van der Waals surface area contributed by atoms with Gasteiger partial charge >= 0.3 is 18.4 Å². The van der Waals surface area contributed by atoms with E-state index >= 15 is 0 Å². The molecule has 0 aromatic heterocycles. The molecule has 0 spiro atoms. The molecule has 4 nitrogen and oxygen atoms in total. The molecule has 1 atom stereocenters. The average Bonchev–Trinajstić information content (AvgIpc) is 2.75. The first-order chi connectivity index (χ1) is 17.3. The summed E-state index contributed by atoms with van der Waals surface area (Å²) in [4.78, 5) is 25.2. The minimum Gasteiger partial charge on any atom is -0.444 e. The number of carbonyl (C=O) groups excluding carboxylic acids is 2. The van der Waals surface area contributed by atoms with Crippen LogP contribution in [-0.2, 0) is 15.7 Å². The fourth-order valence-corrected chi connectivity index (χ4v) is 4.44. The van der Waals surface area contributed by atoms with E-state index in [2.05, 4.69) is 33.9 Å². The van der Waals surface area contributed by atoms with Crippen molar-refractivity contribution < 1.29 is 40.7 Å². The predicted molar refractivity (Wildman–Crippen MR) is 139 cm³/mol. The van der Waals surface area contributed by atoms with Gasteiger partial charge in [-0.1, -0.05) is 40.2 Å². The molecule has 0 saturated heterocycles. The molecule has 0 aliphatic carbocycles. The molecule has 1 N–H and O–H groups in total. The molecular formula is C26H22BrF6NO3S. The lowest BCUT2D eigenvalue weighted by Gasteiger charge is -2.31. The number of rotatable bonds is 5. The van der Waals surface area contributed by atoms with Gasteiger partial charge in [-0.05, 0) is 62.1 Å². The second-order valence-electron chi connectivity index (χ2n) is 9.55. The van der Waals surface area contributed by atoms with Crippen LogP contribution >= 0.6 is 28.6 Å². The summed E-state index contributed by atoms with van der Waals surface area (Å²) in [6, 6.07) is 10.7. The van der Waals surface area contributed by atoms with Crippen molar-refractivity contribution in [2.24, 2.45) is 0 Å². The highest BCUT2D eigenvalue weighted by Gasteiger charge is 2.55. The molecule has 12 heteroatoms. The molecule has 38 heavy (non-hydrogen) atoms. The molecule has 3 aromatic rings. The fourth-order valence-electron chi connectivity index (χ4n) is 3.67. The Morgan fingerprint density at radius 1 is 0.921 bits per heavy atom. The maximum atomic E-state index is 14.2. The number of hydrogen-bond donors (Lipinski definition) is 2. The van der Waals surface area contributed by atoms with Crippen LogP contribution in [0.1, 0.15) is 48.7 Å². The third-order valence-corrected chi connectivity index (χ3v) is 6.55. The van der Waals surface area contributed by atoms with E-state index in [-0.39, 0.29) is 10.0 Å². The van der Waals surface area contributed by atoms with Gasteiger partial charge < -0.3 is 4.74 Å². The summed E-state index contributed by atoms with van der Waals surface area (Å²) >= 11 is 6.55. The van der Waals surface area contributed by atoms with Crippen LogP contribution in [0.5, 0.6) is 0 Å². The molecule has 0 aliphatic heterocycles. The first kappa shape index (κ1) is 29.8. The van der Waals surface area contributed by atoms with Gasteiger partial charge in [-0.15, -0.1) is 0 Å². The minimum absolute atomic E-state index is 0.111. The van der Waals surface area contributed by atoms with E-state index in [0.717, 1.165) is 6.07 Å². The third-order valence-electron chi connectivity index (χ3n) is 5.43. The minimum atomic E-state index is -5.17. The number of halogens is 7. The van der Waals surface area contributed by atoms with Gasteiger partial charge in [-0.3, -0.25) is 10.1 Å². The summed E-state index contributed by atoms with van der Waals surface area (Å²) in [5.41, 5.74) is -2.65. The van der Waals surface area contributed by atoms with Crippen molar-refractivity contribution >= 4 is 56.9 Å². The van der Waals surface area contributed by atoms with Crippen LogP contribution in [0.4, 0.5) is 36.8 Å². The zero-order valence-corrected chi connectivity index (χ0v) is 22.7. The number of fused-ring (bicyclic) bond motifs is 1. The Labute approximate surface area is 228 Å². The van der Waals surface area contributed by atoms with Gasteiger partial charge in [0, 0.05) is 21.8 Å². The lowest BCUT2D eigenvalue weighted by atomic mass is 9.88. The molecule has 0 radical (unpaired) electrons. The van der Waals surface area contributed by atoms with Crippen molar-refractivity contribution in [1.82, 2.24) is 0 Å². The van der Waals surface area contributed by atoms with Gasteiger partial charge in [0.15, 0.2) is 5.78 Å². The third kappa shape index (κ3) is 6.82. The van der Waals surface area contributed by atoms with Crippen molar-refractivity contribution in [2.75, 3.05) is 5.32 Å². The van der Waals surface area contributed by atoms with E-state index in [1.807, 2.05) is 0 Å². The second kappa shape index (κ2) is 10.4. The largest absolute Gasteiger partial charge is 0.444 e. The number of alkyl halides is 6. The molecular weight excluding hydrogens is 600 g/mol. The Kier molecular flexibility index (Phi) is 8.19. The van der Waals surface area contributed by atoms with E-state index in [1.165, 1.54) is 18.2 Å². The van der Waals surface area contributed by atoms with Crippen LogP contribution in [0.2, 0.25) is 0 Å². The molecule has 0 heterocycles. The summed E-state index contributed by atoms with van der Waals surface area (Å²) in [5, 5.41) is 3.51. The SMILES string of the molecule is CC(C)(C)OC(=O)Nc1cccc2cc(C(=O)CC(S)(c3cc(Br)cc(C(F)(F)F)c3)C(F)(F)F)ccc12. The van der Waals surface area contributed by atoms with E-state index in [4.69, 9.17) is 4.74 Å². The van der Waals surface area contributed by atoms with Gasteiger partial charge in [0.05, 0.1) is 11.3 Å².